The minimum absolute atomic E-state index is 0.0592. The lowest BCUT2D eigenvalue weighted by Crippen LogP contribution is -2.26. The molecule has 0 unspecified atom stereocenters. The van der Waals surface area contributed by atoms with Gasteiger partial charge in [0.1, 0.15) is 5.82 Å². The van der Waals surface area contributed by atoms with Crippen LogP contribution in [0.4, 0.5) is 11.8 Å². The van der Waals surface area contributed by atoms with Crippen LogP contribution in [0, 0.1) is 6.92 Å². The van der Waals surface area contributed by atoms with Crippen LogP contribution in [-0.2, 0) is 4.79 Å². The first kappa shape index (κ1) is 14.2. The summed E-state index contributed by atoms with van der Waals surface area (Å²) < 4.78 is 0. The summed E-state index contributed by atoms with van der Waals surface area (Å²) in [6.45, 7) is 5.23. The van der Waals surface area contributed by atoms with Gasteiger partial charge in [-0.25, -0.2) is 4.98 Å². The molecule has 1 heterocycles. The first-order valence-electron chi connectivity index (χ1n) is 6.19. The number of rotatable bonds is 7. The fourth-order valence-electron chi connectivity index (χ4n) is 1.43. The second-order valence-corrected chi connectivity index (χ2v) is 3.99. The van der Waals surface area contributed by atoms with Crippen molar-refractivity contribution >= 4 is 17.7 Å². The van der Waals surface area contributed by atoms with Gasteiger partial charge in [0, 0.05) is 38.3 Å². The molecule has 100 valence electrons. The van der Waals surface area contributed by atoms with Gasteiger partial charge in [0.05, 0.1) is 0 Å². The second kappa shape index (κ2) is 7.47. The number of carbonyl (C=O) groups is 1. The first-order chi connectivity index (χ1) is 8.65. The average molecular weight is 251 g/mol. The van der Waals surface area contributed by atoms with Crippen molar-refractivity contribution in [2.24, 2.45) is 0 Å². The zero-order valence-corrected chi connectivity index (χ0v) is 11.2. The number of aromatic nitrogens is 2. The molecule has 0 radical (unpaired) electrons. The van der Waals surface area contributed by atoms with Crippen molar-refractivity contribution in [2.45, 2.75) is 26.7 Å². The van der Waals surface area contributed by atoms with E-state index in [9.17, 15) is 4.79 Å². The third kappa shape index (κ3) is 4.99. The Kier molecular flexibility index (Phi) is 5.90. The SMILES string of the molecule is CCCNC(=O)CCNc1cc(C)nc(NC)n1. The van der Waals surface area contributed by atoms with E-state index in [1.54, 1.807) is 7.05 Å². The van der Waals surface area contributed by atoms with Crippen LogP contribution < -0.4 is 16.0 Å². The molecule has 0 saturated carbocycles. The van der Waals surface area contributed by atoms with Crippen LogP contribution in [0.15, 0.2) is 6.07 Å². The highest BCUT2D eigenvalue weighted by Gasteiger charge is 2.02. The van der Waals surface area contributed by atoms with Crippen LogP contribution in [0.5, 0.6) is 0 Å². The summed E-state index contributed by atoms with van der Waals surface area (Å²) in [6, 6.07) is 1.85. The molecule has 0 atom stereocenters. The Morgan fingerprint density at radius 2 is 2.11 bits per heavy atom. The zero-order chi connectivity index (χ0) is 13.4. The summed E-state index contributed by atoms with van der Waals surface area (Å²) in [7, 11) is 1.77. The lowest BCUT2D eigenvalue weighted by molar-refractivity contribution is -0.120. The van der Waals surface area contributed by atoms with Crippen molar-refractivity contribution in [1.82, 2.24) is 15.3 Å². The van der Waals surface area contributed by atoms with E-state index in [-0.39, 0.29) is 5.91 Å². The number of carbonyl (C=O) groups excluding carboxylic acids is 1. The van der Waals surface area contributed by atoms with Crippen LogP contribution in [0.2, 0.25) is 0 Å². The molecule has 6 heteroatoms. The van der Waals surface area contributed by atoms with E-state index in [0.717, 1.165) is 24.5 Å². The Morgan fingerprint density at radius 3 is 2.78 bits per heavy atom. The highest BCUT2D eigenvalue weighted by Crippen LogP contribution is 2.08. The van der Waals surface area contributed by atoms with Gasteiger partial charge in [0.15, 0.2) is 0 Å². The maximum atomic E-state index is 11.4. The molecular weight excluding hydrogens is 230 g/mol. The van der Waals surface area contributed by atoms with E-state index in [2.05, 4.69) is 25.9 Å². The fraction of sp³-hybridized carbons (Fsp3) is 0.583. The number of amides is 1. The Balaban J connectivity index is 2.39. The topological polar surface area (TPSA) is 78.9 Å². The largest absolute Gasteiger partial charge is 0.369 e. The van der Waals surface area contributed by atoms with Gasteiger partial charge in [-0.1, -0.05) is 6.92 Å². The van der Waals surface area contributed by atoms with Crippen LogP contribution in [0.3, 0.4) is 0 Å². The smallest absolute Gasteiger partial charge is 0.224 e. The summed E-state index contributed by atoms with van der Waals surface area (Å²) in [6.07, 6.45) is 1.40. The predicted molar refractivity (Wildman–Crippen MR) is 72.7 cm³/mol. The van der Waals surface area contributed by atoms with Crippen molar-refractivity contribution < 1.29 is 4.79 Å². The van der Waals surface area contributed by atoms with Gasteiger partial charge >= 0.3 is 0 Å². The lowest BCUT2D eigenvalue weighted by atomic mass is 10.3. The maximum absolute atomic E-state index is 11.4. The predicted octanol–water partition coefficient (Wildman–Crippen LogP) is 1.15. The molecule has 1 amide bonds. The highest BCUT2D eigenvalue weighted by atomic mass is 16.1. The number of anilines is 2. The number of hydrogen-bond donors (Lipinski definition) is 3. The standard InChI is InChI=1S/C12H21N5O/c1-4-6-15-11(18)5-7-14-10-8-9(2)16-12(13-3)17-10/h8H,4-7H2,1-3H3,(H,15,18)(H2,13,14,16,17). The van der Waals surface area contributed by atoms with Crippen LogP contribution >= 0.6 is 0 Å². The van der Waals surface area contributed by atoms with E-state index in [1.165, 1.54) is 0 Å². The molecule has 0 spiro atoms. The zero-order valence-electron chi connectivity index (χ0n) is 11.2. The average Bonchev–Trinajstić information content (AvgIpc) is 2.35. The lowest BCUT2D eigenvalue weighted by Gasteiger charge is -2.08. The first-order valence-corrected chi connectivity index (χ1v) is 6.19. The molecule has 1 rings (SSSR count). The van der Waals surface area contributed by atoms with Crippen molar-refractivity contribution in [2.75, 3.05) is 30.8 Å². The molecule has 18 heavy (non-hydrogen) atoms. The summed E-state index contributed by atoms with van der Waals surface area (Å²) in [5, 5.41) is 8.84. The molecule has 1 aromatic heterocycles. The van der Waals surface area contributed by atoms with E-state index in [4.69, 9.17) is 0 Å². The quantitative estimate of drug-likeness (QED) is 0.677. The number of nitrogens with one attached hydrogen (secondary N) is 3. The minimum Gasteiger partial charge on any atom is -0.369 e. The Bertz CT molecular complexity index is 394. The molecule has 0 aliphatic heterocycles. The third-order valence-electron chi connectivity index (χ3n) is 2.31. The van der Waals surface area contributed by atoms with Gasteiger partial charge in [-0.15, -0.1) is 0 Å². The Morgan fingerprint density at radius 1 is 1.33 bits per heavy atom. The van der Waals surface area contributed by atoms with Gasteiger partial charge in [0.25, 0.3) is 0 Å². The maximum Gasteiger partial charge on any atom is 0.224 e. The molecule has 1 aromatic rings. The fourth-order valence-corrected chi connectivity index (χ4v) is 1.43. The van der Waals surface area contributed by atoms with Gasteiger partial charge in [-0.3, -0.25) is 4.79 Å². The van der Waals surface area contributed by atoms with E-state index in [1.807, 2.05) is 19.9 Å². The van der Waals surface area contributed by atoms with E-state index in [0.29, 0.717) is 18.9 Å². The van der Waals surface area contributed by atoms with Crippen molar-refractivity contribution in [3.63, 3.8) is 0 Å². The van der Waals surface area contributed by atoms with Crippen LogP contribution in [0.25, 0.3) is 0 Å². The Hall–Kier alpha value is -1.85. The van der Waals surface area contributed by atoms with Crippen molar-refractivity contribution in [1.29, 1.82) is 0 Å². The van der Waals surface area contributed by atoms with E-state index < -0.39 is 0 Å². The monoisotopic (exact) mass is 251 g/mol. The van der Waals surface area contributed by atoms with Gasteiger partial charge in [0.2, 0.25) is 11.9 Å². The normalized spacial score (nSPS) is 9.94. The molecular formula is C12H21N5O. The highest BCUT2D eigenvalue weighted by molar-refractivity contribution is 5.76. The van der Waals surface area contributed by atoms with Gasteiger partial charge < -0.3 is 16.0 Å². The number of aryl methyl sites for hydroxylation is 1. The molecule has 0 bridgehead atoms. The summed E-state index contributed by atoms with van der Waals surface area (Å²) >= 11 is 0. The molecule has 3 N–H and O–H groups in total. The number of nitrogens with zero attached hydrogens (tertiary/aromatic N) is 2. The summed E-state index contributed by atoms with van der Waals surface area (Å²) in [5.41, 5.74) is 0.882. The van der Waals surface area contributed by atoms with Crippen LogP contribution in [-0.4, -0.2) is 36.0 Å². The molecule has 0 fully saturated rings. The van der Waals surface area contributed by atoms with Gasteiger partial charge in [-0.2, -0.15) is 4.98 Å². The molecule has 0 aliphatic rings. The summed E-state index contributed by atoms with van der Waals surface area (Å²) in [5.74, 6) is 1.37. The van der Waals surface area contributed by atoms with Crippen LogP contribution in [0.1, 0.15) is 25.5 Å². The number of hydrogen-bond acceptors (Lipinski definition) is 5. The third-order valence-corrected chi connectivity index (χ3v) is 2.31. The second-order valence-electron chi connectivity index (χ2n) is 3.99. The molecule has 0 saturated heterocycles. The molecule has 0 aromatic carbocycles. The molecule has 0 aliphatic carbocycles. The Labute approximate surface area is 108 Å². The molecule has 6 nitrogen and oxygen atoms in total. The van der Waals surface area contributed by atoms with Crippen molar-refractivity contribution in [3.8, 4) is 0 Å². The van der Waals surface area contributed by atoms with E-state index >= 15 is 0 Å². The van der Waals surface area contributed by atoms with Gasteiger partial charge in [-0.05, 0) is 13.3 Å². The summed E-state index contributed by atoms with van der Waals surface area (Å²) in [4.78, 5) is 19.8. The van der Waals surface area contributed by atoms with Crippen molar-refractivity contribution in [3.05, 3.63) is 11.8 Å². The minimum atomic E-state index is 0.0592.